The van der Waals surface area contributed by atoms with Crippen LogP contribution in [0.2, 0.25) is 0 Å². The summed E-state index contributed by atoms with van der Waals surface area (Å²) < 4.78 is 35.7. The summed E-state index contributed by atoms with van der Waals surface area (Å²) in [5.74, 6) is -1.76. The van der Waals surface area contributed by atoms with Gasteiger partial charge in [-0.05, 0) is 33.6 Å². The minimum atomic E-state index is -1.87. The maximum atomic E-state index is 13.2. The fourth-order valence-electron chi connectivity index (χ4n) is 7.35. The zero-order valence-corrected chi connectivity index (χ0v) is 24.9. The van der Waals surface area contributed by atoms with Crippen molar-refractivity contribution in [3.63, 3.8) is 0 Å². The molecule has 10 unspecified atom stereocenters. The molecule has 232 valence electrons. The predicted molar refractivity (Wildman–Crippen MR) is 147 cm³/mol. The van der Waals surface area contributed by atoms with E-state index in [2.05, 4.69) is 13.0 Å². The Morgan fingerprint density at radius 3 is 2.60 bits per heavy atom. The first-order chi connectivity index (χ1) is 19.7. The highest BCUT2D eigenvalue weighted by Gasteiger charge is 2.83. The summed E-state index contributed by atoms with van der Waals surface area (Å²) >= 11 is 0. The molecule has 2 saturated heterocycles. The Kier molecular flexibility index (Phi) is 8.21. The van der Waals surface area contributed by atoms with Gasteiger partial charge >= 0.3 is 17.9 Å². The lowest BCUT2D eigenvalue weighted by atomic mass is 9.51. The molecule has 0 amide bonds. The molecular formula is C31H42O11. The highest BCUT2D eigenvalue weighted by atomic mass is 16.6. The van der Waals surface area contributed by atoms with E-state index in [0.717, 1.165) is 6.42 Å². The van der Waals surface area contributed by atoms with E-state index >= 15 is 0 Å². The second kappa shape index (κ2) is 11.2. The van der Waals surface area contributed by atoms with Gasteiger partial charge < -0.3 is 38.6 Å². The van der Waals surface area contributed by atoms with Crippen LogP contribution in [0.25, 0.3) is 0 Å². The van der Waals surface area contributed by atoms with Gasteiger partial charge in [0.1, 0.15) is 42.2 Å². The van der Waals surface area contributed by atoms with Gasteiger partial charge in [0.25, 0.3) is 0 Å². The number of hydrogen-bond acceptors (Lipinski definition) is 11. The van der Waals surface area contributed by atoms with Crippen molar-refractivity contribution in [2.75, 3.05) is 19.8 Å². The van der Waals surface area contributed by atoms with Crippen molar-refractivity contribution in [1.82, 2.24) is 0 Å². The van der Waals surface area contributed by atoms with Crippen LogP contribution in [0.1, 0.15) is 60.3 Å². The molecule has 3 heterocycles. The van der Waals surface area contributed by atoms with E-state index in [9.17, 15) is 24.6 Å². The molecule has 3 aliphatic heterocycles. The molecule has 3 fully saturated rings. The van der Waals surface area contributed by atoms with Crippen LogP contribution in [0.4, 0.5) is 0 Å². The smallest absolute Gasteiger partial charge is 0.331 e. The molecule has 5 aliphatic rings. The fourth-order valence-corrected chi connectivity index (χ4v) is 7.35. The van der Waals surface area contributed by atoms with Gasteiger partial charge in [0.2, 0.25) is 0 Å². The number of aliphatic hydroxyl groups excluding tert-OH is 1. The molecule has 42 heavy (non-hydrogen) atoms. The van der Waals surface area contributed by atoms with Crippen molar-refractivity contribution in [3.8, 4) is 0 Å². The first-order valence-corrected chi connectivity index (χ1v) is 14.6. The maximum absolute atomic E-state index is 13.2. The van der Waals surface area contributed by atoms with Crippen LogP contribution in [0.3, 0.4) is 0 Å². The number of carbonyl (C=O) groups is 3. The molecule has 11 heteroatoms. The molecule has 5 rings (SSSR count). The molecule has 0 aromatic heterocycles. The van der Waals surface area contributed by atoms with Gasteiger partial charge in [0.05, 0.1) is 37.3 Å². The van der Waals surface area contributed by atoms with E-state index in [0.29, 0.717) is 19.4 Å². The molecule has 11 nitrogen and oxygen atoms in total. The lowest BCUT2D eigenvalue weighted by Gasteiger charge is -2.58. The lowest BCUT2D eigenvalue weighted by Crippen LogP contribution is -2.66. The van der Waals surface area contributed by atoms with Gasteiger partial charge in [-0.3, -0.25) is 9.59 Å². The van der Waals surface area contributed by atoms with Gasteiger partial charge in [0.15, 0.2) is 0 Å². The summed E-state index contributed by atoms with van der Waals surface area (Å²) in [7, 11) is 0. The number of cyclic esters (lactones) is 1. The summed E-state index contributed by atoms with van der Waals surface area (Å²) in [6.45, 7) is 8.37. The number of hydrogen-bond donors (Lipinski definition) is 2. The van der Waals surface area contributed by atoms with E-state index in [1.54, 1.807) is 19.1 Å². The Morgan fingerprint density at radius 1 is 1.17 bits per heavy atom. The van der Waals surface area contributed by atoms with Crippen LogP contribution < -0.4 is 0 Å². The molecule has 0 aromatic rings. The van der Waals surface area contributed by atoms with Gasteiger partial charge in [-0.1, -0.05) is 36.8 Å². The Hall–Kier alpha value is -2.57. The third kappa shape index (κ3) is 5.23. The summed E-state index contributed by atoms with van der Waals surface area (Å²) in [5.41, 5.74) is -2.84. The third-order valence-electron chi connectivity index (χ3n) is 10.1. The van der Waals surface area contributed by atoms with Crippen LogP contribution in [-0.2, 0) is 42.8 Å². The van der Waals surface area contributed by atoms with Crippen molar-refractivity contribution < 1.29 is 53.0 Å². The van der Waals surface area contributed by atoms with Crippen molar-refractivity contribution in [3.05, 3.63) is 36.0 Å². The lowest BCUT2D eigenvalue weighted by molar-refractivity contribution is -0.234. The van der Waals surface area contributed by atoms with Gasteiger partial charge in [-0.15, -0.1) is 0 Å². The van der Waals surface area contributed by atoms with Gasteiger partial charge in [-0.25, -0.2) is 4.79 Å². The molecule has 0 radical (unpaired) electrons. The number of aliphatic hydroxyl groups is 2. The first kappa shape index (κ1) is 30.9. The van der Waals surface area contributed by atoms with Crippen molar-refractivity contribution >= 4 is 17.9 Å². The van der Waals surface area contributed by atoms with Gasteiger partial charge in [-0.2, -0.15) is 0 Å². The predicted octanol–water partition coefficient (Wildman–Crippen LogP) is 2.08. The molecule has 2 bridgehead atoms. The van der Waals surface area contributed by atoms with E-state index in [-0.39, 0.29) is 25.4 Å². The third-order valence-corrected chi connectivity index (χ3v) is 10.1. The topological polar surface area (TPSA) is 150 Å². The van der Waals surface area contributed by atoms with Crippen LogP contribution in [0.15, 0.2) is 36.0 Å². The van der Waals surface area contributed by atoms with E-state index in [4.69, 9.17) is 28.4 Å². The molecule has 10 atom stereocenters. The van der Waals surface area contributed by atoms with Crippen LogP contribution in [0.5, 0.6) is 0 Å². The SMILES string of the molecule is CC(=O)OC(C)C1/C=C\C=C/C(=O)OC2CC3OC4C=C(C)CCC4(COC(=O)CC(C)(O)C(O)CO1)C2(C)C31CO1. The second-order valence-corrected chi connectivity index (χ2v) is 12.8. The Balaban J connectivity index is 1.49. The Labute approximate surface area is 245 Å². The Bertz CT molecular complexity index is 1180. The average Bonchev–Trinajstić information content (AvgIpc) is 3.68. The minimum absolute atomic E-state index is 0.0358. The number of rotatable bonds is 2. The van der Waals surface area contributed by atoms with Crippen LogP contribution in [0, 0.1) is 10.8 Å². The standard InChI is InChI=1S/C31H42O11/c1-18-10-11-30-16-38-27(35)14-28(4,36)22(33)15-37-21(19(2)40-20(3)32)8-6-7-9-26(34)42-23-13-25(41-24(30)12-18)31(17-39-31)29(23,30)5/h6-9,12,19,21-25,33,36H,10-11,13-17H2,1-5H3/b8-6-,9-7-. The molecule has 0 aromatic carbocycles. The summed E-state index contributed by atoms with van der Waals surface area (Å²) in [6.07, 6.45) is 5.09. The molecular weight excluding hydrogens is 548 g/mol. The summed E-state index contributed by atoms with van der Waals surface area (Å²) in [6, 6.07) is 0. The summed E-state index contributed by atoms with van der Waals surface area (Å²) in [5, 5.41) is 21.8. The molecule has 2 N–H and O–H groups in total. The van der Waals surface area contributed by atoms with Crippen LogP contribution >= 0.6 is 0 Å². The van der Waals surface area contributed by atoms with Crippen molar-refractivity contribution in [1.29, 1.82) is 0 Å². The average molecular weight is 591 g/mol. The minimum Gasteiger partial charge on any atom is -0.465 e. The van der Waals surface area contributed by atoms with Crippen LogP contribution in [-0.4, -0.2) is 95.8 Å². The molecule has 2 aliphatic carbocycles. The monoisotopic (exact) mass is 590 g/mol. The summed E-state index contributed by atoms with van der Waals surface area (Å²) in [4.78, 5) is 37.8. The maximum Gasteiger partial charge on any atom is 0.331 e. The number of allylic oxidation sites excluding steroid dienone is 3. The largest absolute Gasteiger partial charge is 0.465 e. The zero-order chi connectivity index (χ0) is 30.5. The van der Waals surface area contributed by atoms with E-state index in [1.165, 1.54) is 31.6 Å². The zero-order valence-electron chi connectivity index (χ0n) is 24.9. The van der Waals surface area contributed by atoms with E-state index in [1.807, 2.05) is 6.92 Å². The van der Waals surface area contributed by atoms with Gasteiger partial charge in [0, 0.05) is 24.8 Å². The quantitative estimate of drug-likeness (QED) is 0.211. The normalized spacial score (nSPS) is 46.2. The first-order valence-electron chi connectivity index (χ1n) is 14.6. The number of carbonyl (C=O) groups excluding carboxylic acids is 3. The highest BCUT2D eigenvalue weighted by Crippen LogP contribution is 2.72. The molecule has 2 spiro atoms. The van der Waals surface area contributed by atoms with E-state index < -0.39 is 70.8 Å². The highest BCUT2D eigenvalue weighted by molar-refractivity contribution is 5.82. The second-order valence-electron chi connectivity index (χ2n) is 12.8. The Morgan fingerprint density at radius 2 is 1.90 bits per heavy atom. The van der Waals surface area contributed by atoms with Crippen molar-refractivity contribution in [2.45, 2.75) is 108 Å². The number of epoxide rings is 1. The number of esters is 3. The molecule has 1 saturated carbocycles. The fraction of sp³-hybridized carbons (Fsp3) is 0.710. The number of ether oxygens (including phenoxy) is 6. The van der Waals surface area contributed by atoms with Crippen molar-refractivity contribution in [2.24, 2.45) is 10.8 Å².